The highest BCUT2D eigenvalue weighted by atomic mass is 35.5. The van der Waals surface area contributed by atoms with Crippen LogP contribution in [-0.4, -0.2) is 20.8 Å². The van der Waals surface area contributed by atoms with Crippen LogP contribution in [0.4, 0.5) is 0 Å². The van der Waals surface area contributed by atoms with Gasteiger partial charge in [-0.2, -0.15) is 0 Å². The number of nitrogens with two attached hydrogens (primary N) is 1. The fourth-order valence-electron chi connectivity index (χ4n) is 3.00. The summed E-state index contributed by atoms with van der Waals surface area (Å²) in [7, 11) is 3.32. The molecule has 3 rings (SSSR count). The van der Waals surface area contributed by atoms with Crippen LogP contribution in [0.25, 0.3) is 0 Å². The van der Waals surface area contributed by atoms with Gasteiger partial charge in [-0.25, -0.2) is 0 Å². The van der Waals surface area contributed by atoms with Crippen LogP contribution in [0.5, 0.6) is 11.5 Å². The van der Waals surface area contributed by atoms with Gasteiger partial charge in [0.1, 0.15) is 6.04 Å². The van der Waals surface area contributed by atoms with Crippen LogP contribution in [0.1, 0.15) is 22.7 Å². The summed E-state index contributed by atoms with van der Waals surface area (Å²) in [6, 6.07) is 10.2. The van der Waals surface area contributed by atoms with Crippen molar-refractivity contribution in [3.8, 4) is 11.5 Å². The molecule has 1 atom stereocenters. The molecule has 2 aromatic rings. The van der Waals surface area contributed by atoms with Crippen molar-refractivity contribution in [3.63, 3.8) is 0 Å². The number of fused-ring (bicyclic) bond motifs is 1. The molecule has 22 heavy (non-hydrogen) atoms. The van der Waals surface area contributed by atoms with Gasteiger partial charge >= 0.3 is 0 Å². The first-order valence-electron chi connectivity index (χ1n) is 7.17. The molecule has 0 unspecified atom stereocenters. The summed E-state index contributed by atoms with van der Waals surface area (Å²) in [5.41, 5.74) is 3.67. The summed E-state index contributed by atoms with van der Waals surface area (Å²) in [5.74, 6) is 1.53. The number of benzene rings is 2. The molecule has 0 saturated heterocycles. The molecule has 3 nitrogen and oxygen atoms in total. The Kier molecular flexibility index (Phi) is 4.48. The summed E-state index contributed by atoms with van der Waals surface area (Å²) in [4.78, 5) is 0. The van der Waals surface area contributed by atoms with E-state index < -0.39 is 0 Å². The van der Waals surface area contributed by atoms with Gasteiger partial charge in [-0.1, -0.05) is 29.3 Å². The molecule has 1 aliphatic rings. The fourth-order valence-corrected chi connectivity index (χ4v) is 3.30. The van der Waals surface area contributed by atoms with Crippen LogP contribution in [-0.2, 0) is 6.42 Å². The lowest BCUT2D eigenvalue weighted by Gasteiger charge is -2.25. The van der Waals surface area contributed by atoms with Crippen LogP contribution in [0.3, 0.4) is 0 Å². The second-order valence-electron chi connectivity index (χ2n) is 5.33. The predicted octanol–water partition coefficient (Wildman–Crippen LogP) is 3.22. The Hall–Kier alpha value is -1.42. The topological polar surface area (TPSA) is 35.1 Å². The number of halogens is 2. The molecule has 0 radical (unpaired) electrons. The molecule has 0 bridgehead atoms. The number of methoxy groups -OCH3 is 2. The minimum absolute atomic E-state index is 0.193. The molecular formula is C17H18Cl2NO2+. The van der Waals surface area contributed by atoms with Gasteiger partial charge < -0.3 is 14.8 Å². The summed E-state index contributed by atoms with van der Waals surface area (Å²) in [6.07, 6.45) is 1.01. The van der Waals surface area contributed by atoms with Gasteiger partial charge in [-0.05, 0) is 29.8 Å². The molecule has 116 valence electrons. The maximum absolute atomic E-state index is 6.18. The Balaban J connectivity index is 2.08. The first-order valence-corrected chi connectivity index (χ1v) is 7.92. The van der Waals surface area contributed by atoms with Gasteiger partial charge in [0.05, 0.1) is 30.8 Å². The third-order valence-corrected chi connectivity index (χ3v) is 4.84. The third-order valence-electron chi connectivity index (χ3n) is 4.10. The van der Waals surface area contributed by atoms with Crippen LogP contribution in [0.15, 0.2) is 30.3 Å². The number of rotatable bonds is 3. The van der Waals surface area contributed by atoms with Crippen molar-refractivity contribution in [2.24, 2.45) is 0 Å². The third kappa shape index (κ3) is 2.76. The lowest BCUT2D eigenvalue weighted by Crippen LogP contribution is -2.87. The monoisotopic (exact) mass is 338 g/mol. The van der Waals surface area contributed by atoms with Crippen molar-refractivity contribution in [3.05, 3.63) is 57.1 Å². The Morgan fingerprint density at radius 1 is 1.00 bits per heavy atom. The minimum atomic E-state index is 0.193. The van der Waals surface area contributed by atoms with Crippen molar-refractivity contribution in [2.75, 3.05) is 20.8 Å². The largest absolute Gasteiger partial charge is 0.493 e. The number of hydrogen-bond acceptors (Lipinski definition) is 2. The van der Waals surface area contributed by atoms with Gasteiger partial charge in [0.2, 0.25) is 0 Å². The van der Waals surface area contributed by atoms with Gasteiger partial charge in [-0.3, -0.25) is 0 Å². The predicted molar refractivity (Wildman–Crippen MR) is 88.3 cm³/mol. The Morgan fingerprint density at radius 2 is 1.73 bits per heavy atom. The zero-order chi connectivity index (χ0) is 15.7. The highest BCUT2D eigenvalue weighted by Gasteiger charge is 2.27. The van der Waals surface area contributed by atoms with E-state index in [1.54, 1.807) is 14.2 Å². The van der Waals surface area contributed by atoms with E-state index in [0.717, 1.165) is 30.0 Å². The Morgan fingerprint density at radius 3 is 2.41 bits per heavy atom. The molecule has 0 spiro atoms. The molecule has 2 aromatic carbocycles. The smallest absolute Gasteiger partial charge is 0.161 e. The number of ether oxygens (including phenoxy) is 2. The van der Waals surface area contributed by atoms with E-state index in [0.29, 0.717) is 10.0 Å². The number of quaternary nitrogens is 1. The Bertz CT molecular complexity index is 703. The lowest BCUT2D eigenvalue weighted by molar-refractivity contribution is -0.690. The van der Waals surface area contributed by atoms with E-state index in [9.17, 15) is 0 Å². The van der Waals surface area contributed by atoms with Gasteiger partial charge in [0, 0.05) is 17.5 Å². The van der Waals surface area contributed by atoms with Crippen LogP contribution in [0, 0.1) is 0 Å². The molecule has 5 heteroatoms. The van der Waals surface area contributed by atoms with Crippen LogP contribution >= 0.6 is 23.2 Å². The lowest BCUT2D eigenvalue weighted by atomic mass is 9.89. The fraction of sp³-hybridized carbons (Fsp3) is 0.294. The second-order valence-corrected chi connectivity index (χ2v) is 6.15. The van der Waals surface area contributed by atoms with Gasteiger partial charge in [0.15, 0.2) is 11.5 Å². The summed E-state index contributed by atoms with van der Waals surface area (Å²) in [6.45, 7) is 1.02. The number of hydrogen-bond donors (Lipinski definition) is 1. The molecule has 1 heterocycles. The van der Waals surface area contributed by atoms with Crippen LogP contribution in [0.2, 0.25) is 10.0 Å². The molecule has 1 aliphatic heterocycles. The van der Waals surface area contributed by atoms with E-state index in [-0.39, 0.29) is 6.04 Å². The minimum Gasteiger partial charge on any atom is -0.493 e. The molecular weight excluding hydrogens is 321 g/mol. The standard InChI is InChI=1S/C17H17Cl2NO2/c1-21-15-8-10-5-6-20-17(12(10)9-16(15)22-2)11-3-4-13(18)14(19)7-11/h3-4,7-9,17,20H,5-6H2,1-2H3/p+1/t17-/m0/s1. The summed E-state index contributed by atoms with van der Waals surface area (Å²) >= 11 is 12.2. The molecule has 0 fully saturated rings. The molecule has 2 N–H and O–H groups in total. The van der Waals surface area contributed by atoms with Crippen molar-refractivity contribution in [1.29, 1.82) is 0 Å². The van der Waals surface area contributed by atoms with E-state index in [1.165, 1.54) is 11.1 Å². The normalized spacial score (nSPS) is 17.0. The van der Waals surface area contributed by atoms with Crippen LogP contribution < -0.4 is 14.8 Å². The van der Waals surface area contributed by atoms with Gasteiger partial charge in [0.25, 0.3) is 0 Å². The zero-order valence-electron chi connectivity index (χ0n) is 12.5. The first kappa shape index (κ1) is 15.5. The maximum atomic E-state index is 6.18. The van der Waals surface area contributed by atoms with Gasteiger partial charge in [-0.15, -0.1) is 0 Å². The van der Waals surface area contributed by atoms with Crippen molar-refractivity contribution >= 4 is 23.2 Å². The van der Waals surface area contributed by atoms with E-state index in [2.05, 4.69) is 17.4 Å². The first-order chi connectivity index (χ1) is 10.6. The molecule has 0 amide bonds. The van der Waals surface area contributed by atoms with E-state index in [4.69, 9.17) is 32.7 Å². The maximum Gasteiger partial charge on any atom is 0.161 e. The highest BCUT2D eigenvalue weighted by molar-refractivity contribution is 6.42. The van der Waals surface area contributed by atoms with Crippen molar-refractivity contribution in [1.82, 2.24) is 0 Å². The second kappa shape index (κ2) is 6.37. The van der Waals surface area contributed by atoms with Crippen molar-refractivity contribution < 1.29 is 14.8 Å². The quantitative estimate of drug-likeness (QED) is 0.932. The molecule has 0 saturated carbocycles. The SMILES string of the molecule is COc1cc2c(cc1OC)[C@H](c1ccc(Cl)c(Cl)c1)[NH2+]CC2. The van der Waals surface area contributed by atoms with Crippen molar-refractivity contribution in [2.45, 2.75) is 12.5 Å². The highest BCUT2D eigenvalue weighted by Crippen LogP contribution is 2.36. The van der Waals surface area contributed by atoms with E-state index in [1.807, 2.05) is 18.2 Å². The molecule has 0 aliphatic carbocycles. The summed E-state index contributed by atoms with van der Waals surface area (Å²) in [5, 5.41) is 3.47. The molecule has 0 aromatic heterocycles. The van der Waals surface area contributed by atoms with E-state index >= 15 is 0 Å². The summed E-state index contributed by atoms with van der Waals surface area (Å²) < 4.78 is 10.8. The zero-order valence-corrected chi connectivity index (χ0v) is 14.0. The Labute approximate surface area is 140 Å². The average Bonchev–Trinajstić information content (AvgIpc) is 2.55. The average molecular weight is 339 g/mol.